The molecular weight excluding hydrogens is 204 g/mol. The summed E-state index contributed by atoms with van der Waals surface area (Å²) in [5.41, 5.74) is 0.632. The zero-order valence-electron chi connectivity index (χ0n) is 9.66. The summed E-state index contributed by atoms with van der Waals surface area (Å²) in [6.07, 6.45) is 2.85. The van der Waals surface area contributed by atoms with E-state index in [0.29, 0.717) is 0 Å². The van der Waals surface area contributed by atoms with Gasteiger partial charge in [-0.15, -0.1) is 0 Å². The van der Waals surface area contributed by atoms with Gasteiger partial charge in [0.25, 0.3) is 0 Å². The summed E-state index contributed by atoms with van der Waals surface area (Å²) >= 11 is 0. The Bertz CT molecular complexity index is 377. The van der Waals surface area contributed by atoms with Crippen LogP contribution < -0.4 is 4.74 Å². The summed E-state index contributed by atoms with van der Waals surface area (Å²) in [5, 5.41) is 0. The monoisotopic (exact) mass is 220 g/mol. The van der Waals surface area contributed by atoms with Crippen LogP contribution in [0.3, 0.4) is 0 Å². The number of rotatable bonds is 3. The van der Waals surface area contributed by atoms with E-state index in [1.54, 1.807) is 7.11 Å². The molecule has 1 aliphatic carbocycles. The topological polar surface area (TPSA) is 35.5 Å². The molecule has 16 heavy (non-hydrogen) atoms. The van der Waals surface area contributed by atoms with Gasteiger partial charge in [0.15, 0.2) is 0 Å². The third-order valence-electron chi connectivity index (χ3n) is 3.43. The van der Waals surface area contributed by atoms with Gasteiger partial charge >= 0.3 is 5.97 Å². The second kappa shape index (κ2) is 4.16. The molecule has 0 atom stereocenters. The fraction of sp³-hybridized carbons (Fsp3) is 0.462. The van der Waals surface area contributed by atoms with Gasteiger partial charge in [-0.25, -0.2) is 0 Å². The fourth-order valence-electron chi connectivity index (χ4n) is 2.25. The van der Waals surface area contributed by atoms with Crippen molar-refractivity contribution in [2.75, 3.05) is 14.2 Å². The lowest BCUT2D eigenvalue weighted by Crippen LogP contribution is -2.43. The van der Waals surface area contributed by atoms with Crippen LogP contribution in [0.25, 0.3) is 0 Å². The third-order valence-corrected chi connectivity index (χ3v) is 3.43. The lowest BCUT2D eigenvalue weighted by molar-refractivity contribution is -0.151. The SMILES string of the molecule is COC(=O)C1(c2ccc(OC)cc2)CCC1. The maximum Gasteiger partial charge on any atom is 0.316 e. The Kier molecular flexibility index (Phi) is 2.86. The van der Waals surface area contributed by atoms with E-state index in [-0.39, 0.29) is 5.97 Å². The van der Waals surface area contributed by atoms with E-state index >= 15 is 0 Å². The van der Waals surface area contributed by atoms with Gasteiger partial charge < -0.3 is 9.47 Å². The molecule has 0 aliphatic heterocycles. The average molecular weight is 220 g/mol. The molecule has 0 amide bonds. The van der Waals surface area contributed by atoms with Gasteiger partial charge in [0.05, 0.1) is 19.6 Å². The normalized spacial score (nSPS) is 17.4. The fourth-order valence-corrected chi connectivity index (χ4v) is 2.25. The minimum Gasteiger partial charge on any atom is -0.497 e. The van der Waals surface area contributed by atoms with Gasteiger partial charge in [0, 0.05) is 0 Å². The van der Waals surface area contributed by atoms with Crippen LogP contribution in [0.2, 0.25) is 0 Å². The molecule has 2 rings (SSSR count). The highest BCUT2D eigenvalue weighted by atomic mass is 16.5. The van der Waals surface area contributed by atoms with Gasteiger partial charge in [-0.1, -0.05) is 18.6 Å². The molecule has 86 valence electrons. The third kappa shape index (κ3) is 1.56. The van der Waals surface area contributed by atoms with Crippen LogP contribution >= 0.6 is 0 Å². The maximum absolute atomic E-state index is 11.8. The molecule has 0 aromatic heterocycles. The summed E-state index contributed by atoms with van der Waals surface area (Å²) in [5.74, 6) is 0.687. The first-order valence-electron chi connectivity index (χ1n) is 5.46. The molecule has 3 heteroatoms. The summed E-state index contributed by atoms with van der Waals surface area (Å²) in [6.45, 7) is 0. The Balaban J connectivity index is 2.30. The van der Waals surface area contributed by atoms with Crippen LogP contribution in [0.5, 0.6) is 5.75 Å². The molecule has 1 aliphatic rings. The molecule has 0 heterocycles. The van der Waals surface area contributed by atoms with E-state index in [2.05, 4.69) is 0 Å². The molecule has 0 N–H and O–H groups in total. The van der Waals surface area contributed by atoms with E-state index < -0.39 is 5.41 Å². The standard InChI is InChI=1S/C13H16O3/c1-15-11-6-4-10(5-7-11)13(8-3-9-13)12(14)16-2/h4-7H,3,8-9H2,1-2H3. The van der Waals surface area contributed by atoms with E-state index in [1.807, 2.05) is 24.3 Å². The minimum atomic E-state index is -0.402. The van der Waals surface area contributed by atoms with Crippen molar-refractivity contribution in [3.8, 4) is 5.75 Å². The maximum atomic E-state index is 11.8. The van der Waals surface area contributed by atoms with Crippen LogP contribution in [0.1, 0.15) is 24.8 Å². The second-order valence-electron chi connectivity index (χ2n) is 4.16. The summed E-state index contributed by atoms with van der Waals surface area (Å²) in [6, 6.07) is 7.68. The molecule has 1 aromatic rings. The number of ether oxygens (including phenoxy) is 2. The van der Waals surface area contributed by atoms with Crippen LogP contribution in [0, 0.1) is 0 Å². The van der Waals surface area contributed by atoms with Crippen LogP contribution in [0.15, 0.2) is 24.3 Å². The number of esters is 1. The van der Waals surface area contributed by atoms with E-state index in [4.69, 9.17) is 9.47 Å². The van der Waals surface area contributed by atoms with Crippen LogP contribution in [-0.4, -0.2) is 20.2 Å². The lowest BCUT2D eigenvalue weighted by Gasteiger charge is -2.39. The van der Waals surface area contributed by atoms with E-state index in [1.165, 1.54) is 7.11 Å². The van der Waals surface area contributed by atoms with Crippen molar-refractivity contribution in [3.63, 3.8) is 0 Å². The molecular formula is C13H16O3. The second-order valence-corrected chi connectivity index (χ2v) is 4.16. The lowest BCUT2D eigenvalue weighted by atomic mass is 9.64. The summed E-state index contributed by atoms with van der Waals surface area (Å²) in [4.78, 5) is 11.8. The Hall–Kier alpha value is -1.51. The molecule has 1 fully saturated rings. The van der Waals surface area contributed by atoms with Crippen molar-refractivity contribution in [1.29, 1.82) is 0 Å². The summed E-state index contributed by atoms with van der Waals surface area (Å²) < 4.78 is 10.0. The Morgan fingerprint density at radius 1 is 1.19 bits per heavy atom. The average Bonchev–Trinajstić information content (AvgIpc) is 2.28. The van der Waals surface area contributed by atoms with Gasteiger partial charge in [0.2, 0.25) is 0 Å². The Labute approximate surface area is 95.4 Å². The van der Waals surface area contributed by atoms with Gasteiger partial charge in [-0.05, 0) is 30.5 Å². The van der Waals surface area contributed by atoms with Crippen molar-refractivity contribution in [2.24, 2.45) is 0 Å². The first kappa shape index (κ1) is 11.0. The Morgan fingerprint density at radius 2 is 1.81 bits per heavy atom. The van der Waals surface area contributed by atoms with E-state index in [9.17, 15) is 4.79 Å². The quantitative estimate of drug-likeness (QED) is 0.733. The highest BCUT2D eigenvalue weighted by Gasteiger charge is 2.46. The Morgan fingerprint density at radius 3 is 2.19 bits per heavy atom. The van der Waals surface area contributed by atoms with Gasteiger partial charge in [0.1, 0.15) is 5.75 Å². The first-order chi connectivity index (χ1) is 7.73. The number of carbonyl (C=O) groups is 1. The van der Waals surface area contributed by atoms with Crippen molar-refractivity contribution < 1.29 is 14.3 Å². The highest BCUT2D eigenvalue weighted by molar-refractivity contribution is 5.84. The van der Waals surface area contributed by atoms with Crippen molar-refractivity contribution >= 4 is 5.97 Å². The molecule has 0 unspecified atom stereocenters. The van der Waals surface area contributed by atoms with Crippen LogP contribution in [0.4, 0.5) is 0 Å². The predicted molar refractivity (Wildman–Crippen MR) is 60.5 cm³/mol. The molecule has 1 saturated carbocycles. The largest absolute Gasteiger partial charge is 0.497 e. The molecule has 0 radical (unpaired) electrons. The predicted octanol–water partition coefficient (Wildman–Crippen LogP) is 2.29. The van der Waals surface area contributed by atoms with Crippen molar-refractivity contribution in [1.82, 2.24) is 0 Å². The molecule has 0 saturated heterocycles. The molecule has 0 bridgehead atoms. The zero-order valence-corrected chi connectivity index (χ0v) is 9.66. The smallest absolute Gasteiger partial charge is 0.316 e. The highest BCUT2D eigenvalue weighted by Crippen LogP contribution is 2.44. The number of hydrogen-bond donors (Lipinski definition) is 0. The van der Waals surface area contributed by atoms with Crippen molar-refractivity contribution in [2.45, 2.75) is 24.7 Å². The van der Waals surface area contributed by atoms with Crippen molar-refractivity contribution in [3.05, 3.63) is 29.8 Å². The number of hydrogen-bond acceptors (Lipinski definition) is 3. The molecule has 1 aromatic carbocycles. The number of carbonyl (C=O) groups excluding carboxylic acids is 1. The molecule has 3 nitrogen and oxygen atoms in total. The zero-order chi connectivity index (χ0) is 11.6. The van der Waals surface area contributed by atoms with Gasteiger partial charge in [-0.3, -0.25) is 4.79 Å². The minimum absolute atomic E-state index is 0.121. The van der Waals surface area contributed by atoms with E-state index in [0.717, 1.165) is 30.6 Å². The number of benzene rings is 1. The summed E-state index contributed by atoms with van der Waals surface area (Å²) in [7, 11) is 3.08. The van der Waals surface area contributed by atoms with Crippen LogP contribution in [-0.2, 0) is 14.9 Å². The molecule has 0 spiro atoms. The number of methoxy groups -OCH3 is 2. The first-order valence-corrected chi connectivity index (χ1v) is 5.46. The van der Waals surface area contributed by atoms with Gasteiger partial charge in [-0.2, -0.15) is 0 Å².